The Balaban J connectivity index is 1.83. The van der Waals surface area contributed by atoms with E-state index in [-0.39, 0.29) is 31.3 Å². The molecule has 7 nitrogen and oxygen atoms in total. The zero-order valence-corrected chi connectivity index (χ0v) is 17.5. The molecule has 0 amide bonds. The Hall–Kier alpha value is -2.79. The van der Waals surface area contributed by atoms with Gasteiger partial charge in [-0.25, -0.2) is 4.79 Å². The van der Waals surface area contributed by atoms with Gasteiger partial charge in [0, 0.05) is 11.4 Å². The van der Waals surface area contributed by atoms with Crippen molar-refractivity contribution in [3.8, 4) is 17.6 Å². The van der Waals surface area contributed by atoms with Crippen LogP contribution >= 0.6 is 11.6 Å². The summed E-state index contributed by atoms with van der Waals surface area (Å²) >= 11 is 5.84. The molecule has 0 saturated heterocycles. The molecule has 2 aromatic carbocycles. The lowest BCUT2D eigenvalue weighted by Crippen LogP contribution is -2.29. The van der Waals surface area contributed by atoms with E-state index in [9.17, 15) is 15.0 Å². The first kappa shape index (κ1) is 23.5. The van der Waals surface area contributed by atoms with Gasteiger partial charge in [0.05, 0.1) is 11.7 Å². The van der Waals surface area contributed by atoms with Crippen LogP contribution in [0.1, 0.15) is 25.0 Å². The molecule has 160 valence electrons. The molecule has 30 heavy (non-hydrogen) atoms. The molecule has 0 spiro atoms. The summed E-state index contributed by atoms with van der Waals surface area (Å²) in [5.74, 6) is -0.145. The van der Waals surface area contributed by atoms with E-state index in [4.69, 9.17) is 31.1 Å². The Morgan fingerprint density at radius 2 is 1.80 bits per heavy atom. The largest absolute Gasteiger partial charge is 0.491 e. The van der Waals surface area contributed by atoms with E-state index in [1.54, 1.807) is 50.2 Å². The van der Waals surface area contributed by atoms with Gasteiger partial charge in [-0.15, -0.1) is 0 Å². The highest BCUT2D eigenvalue weighted by Gasteiger charge is 2.20. The summed E-state index contributed by atoms with van der Waals surface area (Å²) in [5.41, 5.74) is 1.08. The minimum absolute atomic E-state index is 0.0109. The van der Waals surface area contributed by atoms with Gasteiger partial charge in [-0.05, 0) is 49.7 Å². The van der Waals surface area contributed by atoms with Gasteiger partial charge in [0.25, 0.3) is 0 Å². The number of aliphatic hydroxyl groups excluding tert-OH is 1. The Bertz CT molecular complexity index is 878. The first-order valence-electron chi connectivity index (χ1n) is 9.39. The summed E-state index contributed by atoms with van der Waals surface area (Å²) < 4.78 is 16.4. The van der Waals surface area contributed by atoms with Crippen molar-refractivity contribution >= 4 is 17.6 Å². The van der Waals surface area contributed by atoms with E-state index < -0.39 is 18.2 Å². The van der Waals surface area contributed by atoms with Gasteiger partial charge >= 0.3 is 5.97 Å². The lowest BCUT2D eigenvalue weighted by Gasteiger charge is -2.17. The minimum Gasteiger partial charge on any atom is -0.491 e. The van der Waals surface area contributed by atoms with Crippen LogP contribution in [0, 0.1) is 11.3 Å². The number of carboxylic acid groups (broad SMARTS) is 1. The first-order chi connectivity index (χ1) is 14.3. The third-order valence-corrected chi connectivity index (χ3v) is 4.23. The summed E-state index contributed by atoms with van der Waals surface area (Å²) in [7, 11) is 0. The quantitative estimate of drug-likeness (QED) is 0.558. The predicted octanol–water partition coefficient (Wildman–Crippen LogP) is 3.45. The SMILES string of the molecule is CC(C)OC(Cc1ccc(OCC(O)COc2ccc(Cl)cc2C#N)cc1)C(=O)O. The van der Waals surface area contributed by atoms with Crippen molar-refractivity contribution in [3.63, 3.8) is 0 Å². The second-order valence-corrected chi connectivity index (χ2v) is 7.32. The van der Waals surface area contributed by atoms with Crippen LogP contribution in [0.25, 0.3) is 0 Å². The summed E-state index contributed by atoms with van der Waals surface area (Å²) in [6.45, 7) is 3.51. The van der Waals surface area contributed by atoms with Crippen LogP contribution in [0.15, 0.2) is 42.5 Å². The maximum Gasteiger partial charge on any atom is 0.333 e. The Morgan fingerprint density at radius 3 is 2.40 bits per heavy atom. The van der Waals surface area contributed by atoms with E-state index in [0.29, 0.717) is 16.5 Å². The fourth-order valence-electron chi connectivity index (χ4n) is 2.60. The number of nitrogens with zero attached hydrogens (tertiary/aromatic N) is 1. The van der Waals surface area contributed by atoms with Crippen LogP contribution in [-0.4, -0.2) is 47.7 Å². The van der Waals surface area contributed by atoms with Gasteiger partial charge in [-0.2, -0.15) is 5.26 Å². The number of halogens is 1. The van der Waals surface area contributed by atoms with Crippen molar-refractivity contribution in [1.29, 1.82) is 5.26 Å². The number of carbonyl (C=O) groups is 1. The third-order valence-electron chi connectivity index (χ3n) is 3.99. The molecule has 2 N–H and O–H groups in total. The smallest absolute Gasteiger partial charge is 0.333 e. The van der Waals surface area contributed by atoms with Gasteiger partial charge in [0.15, 0.2) is 6.10 Å². The molecule has 0 bridgehead atoms. The molecule has 2 rings (SSSR count). The van der Waals surface area contributed by atoms with E-state index in [1.165, 1.54) is 6.07 Å². The Labute approximate surface area is 180 Å². The summed E-state index contributed by atoms with van der Waals surface area (Å²) in [5, 5.41) is 28.8. The minimum atomic E-state index is -1.01. The van der Waals surface area contributed by atoms with Crippen LogP contribution < -0.4 is 9.47 Å². The van der Waals surface area contributed by atoms with E-state index in [0.717, 1.165) is 5.56 Å². The second kappa shape index (κ2) is 11.4. The summed E-state index contributed by atoms with van der Waals surface area (Å²) in [4.78, 5) is 11.3. The molecule has 0 aromatic heterocycles. The van der Waals surface area contributed by atoms with Crippen molar-refractivity contribution in [1.82, 2.24) is 0 Å². The number of carboxylic acids is 1. The number of aliphatic carboxylic acids is 1. The fraction of sp³-hybridized carbons (Fsp3) is 0.364. The number of benzene rings is 2. The molecule has 8 heteroatoms. The highest BCUT2D eigenvalue weighted by molar-refractivity contribution is 6.30. The molecule has 0 aliphatic rings. The van der Waals surface area contributed by atoms with E-state index in [2.05, 4.69) is 0 Å². The molecule has 2 aromatic rings. The molecule has 0 radical (unpaired) electrons. The molecule has 2 atom stereocenters. The molecule has 0 saturated carbocycles. The van der Waals surface area contributed by atoms with Crippen molar-refractivity contribution < 1.29 is 29.2 Å². The van der Waals surface area contributed by atoms with E-state index in [1.807, 2.05) is 6.07 Å². The van der Waals surface area contributed by atoms with Gasteiger partial charge in [-0.3, -0.25) is 0 Å². The van der Waals surface area contributed by atoms with Crippen LogP contribution in [-0.2, 0) is 16.0 Å². The van der Waals surface area contributed by atoms with Gasteiger partial charge < -0.3 is 24.4 Å². The van der Waals surface area contributed by atoms with Crippen LogP contribution in [0.2, 0.25) is 5.02 Å². The van der Waals surface area contributed by atoms with Gasteiger partial charge in [0.1, 0.15) is 36.9 Å². The number of hydrogen-bond acceptors (Lipinski definition) is 6. The van der Waals surface area contributed by atoms with Crippen LogP contribution in [0.5, 0.6) is 11.5 Å². The summed E-state index contributed by atoms with van der Waals surface area (Å²) in [6, 6.07) is 13.6. The number of hydrogen-bond donors (Lipinski definition) is 2. The maximum atomic E-state index is 11.3. The topological polar surface area (TPSA) is 109 Å². The zero-order chi connectivity index (χ0) is 22.1. The Kier molecular flexibility index (Phi) is 8.93. The molecule has 2 unspecified atom stereocenters. The van der Waals surface area contributed by atoms with Crippen molar-refractivity contribution in [3.05, 3.63) is 58.6 Å². The molecule has 0 aliphatic carbocycles. The van der Waals surface area contributed by atoms with Crippen LogP contribution in [0.3, 0.4) is 0 Å². The average molecular weight is 434 g/mol. The summed E-state index contributed by atoms with van der Waals surface area (Å²) in [6.07, 6.45) is -1.77. The zero-order valence-electron chi connectivity index (χ0n) is 16.7. The molecular weight excluding hydrogens is 410 g/mol. The molecule has 0 heterocycles. The molecular formula is C22H24ClNO6. The van der Waals surface area contributed by atoms with Crippen molar-refractivity contribution in [2.24, 2.45) is 0 Å². The van der Waals surface area contributed by atoms with Gasteiger partial charge in [0.2, 0.25) is 0 Å². The molecule has 0 fully saturated rings. The standard InChI is InChI=1S/C22H24ClNO6/c1-14(2)30-21(22(26)27)9-15-3-6-19(7-4-15)28-12-18(25)13-29-20-8-5-17(23)10-16(20)11-24/h3-8,10,14,18,21,25H,9,12-13H2,1-2H3,(H,26,27). The lowest BCUT2D eigenvalue weighted by molar-refractivity contribution is -0.153. The fourth-order valence-corrected chi connectivity index (χ4v) is 2.77. The predicted molar refractivity (Wildman–Crippen MR) is 111 cm³/mol. The van der Waals surface area contributed by atoms with Crippen molar-refractivity contribution in [2.75, 3.05) is 13.2 Å². The van der Waals surface area contributed by atoms with E-state index >= 15 is 0 Å². The number of nitriles is 1. The number of aliphatic hydroxyl groups is 1. The average Bonchev–Trinajstić information content (AvgIpc) is 2.71. The third kappa shape index (κ3) is 7.56. The van der Waals surface area contributed by atoms with Crippen molar-refractivity contribution in [2.45, 2.75) is 38.6 Å². The normalized spacial score (nSPS) is 12.8. The Morgan fingerprint density at radius 1 is 1.13 bits per heavy atom. The highest BCUT2D eigenvalue weighted by atomic mass is 35.5. The second-order valence-electron chi connectivity index (χ2n) is 6.89. The number of rotatable bonds is 11. The monoisotopic (exact) mass is 433 g/mol. The lowest BCUT2D eigenvalue weighted by atomic mass is 10.1. The first-order valence-corrected chi connectivity index (χ1v) is 9.76. The maximum absolute atomic E-state index is 11.3. The molecule has 0 aliphatic heterocycles. The van der Waals surface area contributed by atoms with Crippen LogP contribution in [0.4, 0.5) is 0 Å². The number of ether oxygens (including phenoxy) is 3. The highest BCUT2D eigenvalue weighted by Crippen LogP contribution is 2.22. The van der Waals surface area contributed by atoms with Gasteiger partial charge in [-0.1, -0.05) is 23.7 Å².